The predicted molar refractivity (Wildman–Crippen MR) is 101 cm³/mol. The topological polar surface area (TPSA) is 67.7 Å². The Morgan fingerprint density at radius 1 is 1.07 bits per heavy atom. The van der Waals surface area contributed by atoms with Crippen molar-refractivity contribution in [2.24, 2.45) is 0 Å². The summed E-state index contributed by atoms with van der Waals surface area (Å²) in [6.45, 7) is -0.628. The Bertz CT molecular complexity index is 906. The smallest absolute Gasteiger partial charge is 0.367 e. The molecular weight excluding hydrogens is 385 g/mol. The Kier molecular flexibility index (Phi) is 6.71. The molecule has 3 rings (SSSR count). The van der Waals surface area contributed by atoms with Gasteiger partial charge in [0.05, 0.1) is 12.3 Å². The molecule has 29 heavy (non-hydrogen) atoms. The molecule has 0 unspecified atom stereocenters. The summed E-state index contributed by atoms with van der Waals surface area (Å²) in [6.07, 6.45) is 0.124. The summed E-state index contributed by atoms with van der Waals surface area (Å²) in [5, 5.41) is 5.51. The van der Waals surface area contributed by atoms with Gasteiger partial charge in [-0.15, -0.1) is 0 Å². The lowest BCUT2D eigenvalue weighted by Gasteiger charge is -2.09. The van der Waals surface area contributed by atoms with E-state index in [0.717, 1.165) is 16.9 Å². The van der Waals surface area contributed by atoms with Crippen LogP contribution in [0.25, 0.3) is 5.65 Å². The van der Waals surface area contributed by atoms with Gasteiger partial charge in [0.15, 0.2) is 0 Å². The molecule has 3 aromatic rings. The lowest BCUT2D eigenvalue weighted by molar-refractivity contribution is -0.176. The van der Waals surface area contributed by atoms with E-state index >= 15 is 0 Å². The number of carbonyl (C=O) groups is 1. The summed E-state index contributed by atoms with van der Waals surface area (Å²) in [7, 11) is 0. The van der Waals surface area contributed by atoms with Crippen molar-refractivity contribution in [1.82, 2.24) is 20.0 Å². The maximum Gasteiger partial charge on any atom is 0.411 e. The number of alkyl halides is 3. The van der Waals surface area contributed by atoms with E-state index in [9.17, 15) is 18.0 Å². The van der Waals surface area contributed by atoms with Crippen molar-refractivity contribution in [3.8, 4) is 0 Å². The number of benzene rings is 1. The number of urea groups is 1. The minimum atomic E-state index is -4.33. The fraction of sp³-hybridized carbons (Fsp3) is 0.300. The lowest BCUT2D eigenvalue weighted by atomic mass is 10.1. The van der Waals surface area contributed by atoms with Crippen LogP contribution in [0.3, 0.4) is 0 Å². The van der Waals surface area contributed by atoms with Gasteiger partial charge in [-0.3, -0.25) is 0 Å². The highest BCUT2D eigenvalue weighted by Crippen LogP contribution is 2.15. The van der Waals surface area contributed by atoms with Crippen LogP contribution in [0.15, 0.2) is 54.9 Å². The van der Waals surface area contributed by atoms with Gasteiger partial charge in [-0.05, 0) is 23.3 Å². The van der Waals surface area contributed by atoms with Gasteiger partial charge >= 0.3 is 12.2 Å². The largest absolute Gasteiger partial charge is 0.411 e. The van der Waals surface area contributed by atoms with Gasteiger partial charge in [-0.1, -0.05) is 30.3 Å². The molecule has 0 bridgehead atoms. The number of hydrogen-bond donors (Lipinski definition) is 2. The molecule has 0 aliphatic carbocycles. The summed E-state index contributed by atoms with van der Waals surface area (Å²) in [4.78, 5) is 16.4. The summed E-state index contributed by atoms with van der Waals surface area (Å²) in [6, 6.07) is 12.3. The zero-order valence-corrected chi connectivity index (χ0v) is 15.6. The van der Waals surface area contributed by atoms with Crippen LogP contribution in [0.2, 0.25) is 0 Å². The van der Waals surface area contributed by atoms with Crippen LogP contribution in [0.1, 0.15) is 16.8 Å². The monoisotopic (exact) mass is 406 g/mol. The van der Waals surface area contributed by atoms with Gasteiger partial charge in [0.1, 0.15) is 12.3 Å². The SMILES string of the molecule is O=C(NCCc1cn2ccccc2n1)NCc1ccc(COCC(F)(F)F)cc1. The van der Waals surface area contributed by atoms with E-state index < -0.39 is 12.8 Å². The second kappa shape index (κ2) is 9.42. The fourth-order valence-corrected chi connectivity index (χ4v) is 2.69. The summed E-state index contributed by atoms with van der Waals surface area (Å²) < 4.78 is 42.7. The van der Waals surface area contributed by atoms with Crippen molar-refractivity contribution >= 4 is 11.7 Å². The first-order valence-electron chi connectivity index (χ1n) is 9.06. The molecule has 2 N–H and O–H groups in total. The van der Waals surface area contributed by atoms with Crippen molar-refractivity contribution in [1.29, 1.82) is 0 Å². The third kappa shape index (κ3) is 6.79. The minimum absolute atomic E-state index is 0.114. The molecule has 0 saturated carbocycles. The number of nitrogens with one attached hydrogen (secondary N) is 2. The Morgan fingerprint density at radius 3 is 2.55 bits per heavy atom. The van der Waals surface area contributed by atoms with Crippen LogP contribution in [0, 0.1) is 0 Å². The number of ether oxygens (including phenoxy) is 1. The van der Waals surface area contributed by atoms with Gasteiger partial charge in [-0.2, -0.15) is 13.2 Å². The maximum absolute atomic E-state index is 12.1. The first-order valence-corrected chi connectivity index (χ1v) is 9.06. The van der Waals surface area contributed by atoms with Crippen molar-refractivity contribution in [3.63, 3.8) is 0 Å². The molecular formula is C20H21F3N4O2. The lowest BCUT2D eigenvalue weighted by Crippen LogP contribution is -2.36. The molecule has 0 atom stereocenters. The van der Waals surface area contributed by atoms with Crippen molar-refractivity contribution < 1.29 is 22.7 Å². The van der Waals surface area contributed by atoms with E-state index in [1.807, 2.05) is 35.0 Å². The van der Waals surface area contributed by atoms with E-state index in [1.165, 1.54) is 0 Å². The number of hydrogen-bond acceptors (Lipinski definition) is 3. The zero-order valence-electron chi connectivity index (χ0n) is 15.6. The molecule has 1 aromatic carbocycles. The predicted octanol–water partition coefficient (Wildman–Crippen LogP) is 3.46. The minimum Gasteiger partial charge on any atom is -0.367 e. The van der Waals surface area contributed by atoms with Crippen LogP contribution < -0.4 is 10.6 Å². The number of fused-ring (bicyclic) bond motifs is 1. The van der Waals surface area contributed by atoms with Gasteiger partial charge < -0.3 is 19.8 Å². The molecule has 0 spiro atoms. The van der Waals surface area contributed by atoms with Crippen LogP contribution in [-0.2, 0) is 24.3 Å². The molecule has 0 aliphatic rings. The van der Waals surface area contributed by atoms with Crippen LogP contribution in [-0.4, -0.2) is 34.7 Å². The van der Waals surface area contributed by atoms with Crippen LogP contribution in [0.4, 0.5) is 18.0 Å². The summed E-state index contributed by atoms with van der Waals surface area (Å²) in [5.41, 5.74) is 3.22. The molecule has 2 aromatic heterocycles. The number of rotatable bonds is 8. The quantitative estimate of drug-likeness (QED) is 0.602. The highest BCUT2D eigenvalue weighted by molar-refractivity contribution is 5.73. The second-order valence-electron chi connectivity index (χ2n) is 6.48. The molecule has 6 nitrogen and oxygen atoms in total. The number of amides is 2. The number of imidazole rings is 1. The zero-order chi connectivity index (χ0) is 20.7. The number of pyridine rings is 1. The Balaban J connectivity index is 1.35. The summed E-state index contributed by atoms with van der Waals surface area (Å²) >= 11 is 0. The van der Waals surface area contributed by atoms with Crippen LogP contribution in [0.5, 0.6) is 0 Å². The Morgan fingerprint density at radius 2 is 1.83 bits per heavy atom. The van der Waals surface area contributed by atoms with Crippen molar-refractivity contribution in [3.05, 3.63) is 71.7 Å². The van der Waals surface area contributed by atoms with E-state index in [2.05, 4.69) is 20.4 Å². The van der Waals surface area contributed by atoms with E-state index in [-0.39, 0.29) is 12.6 Å². The van der Waals surface area contributed by atoms with Crippen molar-refractivity contribution in [2.75, 3.05) is 13.2 Å². The average Bonchev–Trinajstić information content (AvgIpc) is 3.09. The van der Waals surface area contributed by atoms with Crippen molar-refractivity contribution in [2.45, 2.75) is 25.7 Å². The molecule has 9 heteroatoms. The third-order valence-electron chi connectivity index (χ3n) is 4.09. The Hall–Kier alpha value is -3.07. The standard InChI is InChI=1S/C20H21F3N4O2/c21-20(22,23)14-29-13-16-6-4-15(5-7-16)11-25-19(28)24-9-8-17-12-27-10-2-1-3-18(27)26-17/h1-7,10,12H,8-9,11,13-14H2,(H2,24,25,28). The molecule has 0 radical (unpaired) electrons. The van der Waals surface area contributed by atoms with Gasteiger partial charge in [0.25, 0.3) is 0 Å². The third-order valence-corrected chi connectivity index (χ3v) is 4.09. The number of carbonyl (C=O) groups excluding carboxylic acids is 1. The molecule has 2 amide bonds. The van der Waals surface area contributed by atoms with E-state index in [1.54, 1.807) is 24.3 Å². The summed E-state index contributed by atoms with van der Waals surface area (Å²) in [5.74, 6) is 0. The first kappa shape index (κ1) is 20.7. The molecule has 0 saturated heterocycles. The van der Waals surface area contributed by atoms with Gasteiger partial charge in [0, 0.05) is 31.9 Å². The highest BCUT2D eigenvalue weighted by atomic mass is 19.4. The van der Waals surface area contributed by atoms with E-state index in [4.69, 9.17) is 0 Å². The van der Waals surface area contributed by atoms with Gasteiger partial charge in [-0.25, -0.2) is 9.78 Å². The molecule has 0 aliphatic heterocycles. The highest BCUT2D eigenvalue weighted by Gasteiger charge is 2.27. The average molecular weight is 406 g/mol. The number of nitrogens with zero attached hydrogens (tertiary/aromatic N) is 2. The van der Waals surface area contributed by atoms with E-state index in [0.29, 0.717) is 25.1 Å². The number of aromatic nitrogens is 2. The number of halogens is 3. The molecule has 2 heterocycles. The Labute approximate surface area is 165 Å². The maximum atomic E-state index is 12.1. The van der Waals surface area contributed by atoms with Gasteiger partial charge in [0.2, 0.25) is 0 Å². The molecule has 0 fully saturated rings. The second-order valence-corrected chi connectivity index (χ2v) is 6.48. The normalized spacial score (nSPS) is 11.6. The van der Waals surface area contributed by atoms with Crippen LogP contribution >= 0.6 is 0 Å². The fourth-order valence-electron chi connectivity index (χ4n) is 2.69. The first-order chi connectivity index (χ1) is 13.9. The molecule has 154 valence electrons.